The van der Waals surface area contributed by atoms with Gasteiger partial charge >= 0.3 is 5.97 Å². The Morgan fingerprint density at radius 1 is 1.35 bits per heavy atom. The van der Waals surface area contributed by atoms with Crippen molar-refractivity contribution in [1.82, 2.24) is 5.32 Å². The summed E-state index contributed by atoms with van der Waals surface area (Å²) in [6, 6.07) is 3.17. The molecule has 1 aromatic carbocycles. The molecule has 2 aliphatic heterocycles. The number of phenols is 1. The molecule has 166 valence electrons. The number of halogens is 1. The molecule has 3 atom stereocenters. The number of hydrogen-bond donors (Lipinski definition) is 2. The second-order valence-electron chi connectivity index (χ2n) is 8.09. The van der Waals surface area contributed by atoms with Gasteiger partial charge in [-0.1, -0.05) is 18.2 Å². The molecule has 2 heterocycles. The van der Waals surface area contributed by atoms with Crippen LogP contribution < -0.4 is 10.1 Å². The molecular weight excluding hydrogens is 422 g/mol. The third-order valence-electron chi connectivity index (χ3n) is 6.11. The molecule has 1 aliphatic carbocycles. The van der Waals surface area contributed by atoms with Crippen LogP contribution >= 0.6 is 11.6 Å². The number of aromatic hydroxyl groups is 1. The fraction of sp³-hybridized carbons (Fsp3) is 0.478. The lowest BCUT2D eigenvalue weighted by atomic mass is 9.71. The molecule has 3 aliphatic rings. The van der Waals surface area contributed by atoms with E-state index in [2.05, 4.69) is 11.9 Å². The van der Waals surface area contributed by atoms with Gasteiger partial charge in [-0.25, -0.2) is 0 Å². The molecule has 3 unspecified atom stereocenters. The Morgan fingerprint density at radius 3 is 2.87 bits per heavy atom. The third kappa shape index (κ3) is 4.16. The van der Waals surface area contributed by atoms with Crippen LogP contribution in [0.4, 0.5) is 0 Å². The molecule has 4 rings (SSSR count). The first kappa shape index (κ1) is 21.7. The summed E-state index contributed by atoms with van der Waals surface area (Å²) in [5, 5.41) is 13.4. The minimum atomic E-state index is -0.826. The van der Waals surface area contributed by atoms with E-state index in [-0.39, 0.29) is 35.0 Å². The number of ketones is 1. The number of ether oxygens (including phenoxy) is 3. The zero-order chi connectivity index (χ0) is 22.1. The first-order valence-electron chi connectivity index (χ1n) is 10.5. The molecule has 0 spiro atoms. The molecule has 1 aromatic rings. The van der Waals surface area contributed by atoms with Crippen LogP contribution in [0.3, 0.4) is 0 Å². The fourth-order valence-electron chi connectivity index (χ4n) is 4.60. The number of rotatable bonds is 5. The quantitative estimate of drug-likeness (QED) is 0.666. The number of methoxy groups -OCH3 is 1. The molecule has 1 saturated heterocycles. The van der Waals surface area contributed by atoms with E-state index in [1.807, 2.05) is 0 Å². The Morgan fingerprint density at radius 2 is 2.16 bits per heavy atom. The number of carbonyl (C=O) groups is 2. The summed E-state index contributed by atoms with van der Waals surface area (Å²) in [6.07, 6.45) is 3.51. The van der Waals surface area contributed by atoms with Gasteiger partial charge in [0.2, 0.25) is 0 Å². The summed E-state index contributed by atoms with van der Waals surface area (Å²) in [5.74, 6) is -1.99. The van der Waals surface area contributed by atoms with Crippen molar-refractivity contribution < 1.29 is 28.9 Å². The van der Waals surface area contributed by atoms with Crippen LogP contribution in [0.2, 0.25) is 5.02 Å². The molecule has 0 radical (unpaired) electrons. The highest BCUT2D eigenvalue weighted by Crippen LogP contribution is 2.47. The van der Waals surface area contributed by atoms with Crippen LogP contribution in [0.5, 0.6) is 11.5 Å². The van der Waals surface area contributed by atoms with Crippen molar-refractivity contribution in [2.75, 3.05) is 20.3 Å². The lowest BCUT2D eigenvalue weighted by Crippen LogP contribution is -2.41. The van der Waals surface area contributed by atoms with Gasteiger partial charge in [0, 0.05) is 35.9 Å². The molecule has 7 nitrogen and oxygen atoms in total. The maximum atomic E-state index is 13.2. The summed E-state index contributed by atoms with van der Waals surface area (Å²) in [7, 11) is 1.42. The number of benzene rings is 1. The number of nitrogens with one attached hydrogen (secondary N) is 1. The first-order valence-corrected chi connectivity index (χ1v) is 10.8. The van der Waals surface area contributed by atoms with Crippen molar-refractivity contribution in [1.29, 1.82) is 0 Å². The maximum absolute atomic E-state index is 13.2. The summed E-state index contributed by atoms with van der Waals surface area (Å²) in [6.45, 7) is 4.90. The number of carbonyl (C=O) groups excluding carboxylic acids is 2. The predicted molar refractivity (Wildman–Crippen MR) is 114 cm³/mol. The van der Waals surface area contributed by atoms with E-state index in [1.54, 1.807) is 12.1 Å². The molecule has 0 amide bonds. The van der Waals surface area contributed by atoms with Gasteiger partial charge in [0.1, 0.15) is 12.5 Å². The smallest absolute Gasteiger partial charge is 0.315 e. The lowest BCUT2D eigenvalue weighted by molar-refractivity contribution is -0.151. The highest BCUT2D eigenvalue weighted by Gasteiger charge is 2.44. The van der Waals surface area contributed by atoms with Crippen LogP contribution in [-0.2, 0) is 19.1 Å². The number of allylic oxidation sites excluding steroid dienone is 2. The first-order chi connectivity index (χ1) is 14.9. The Bertz CT molecular complexity index is 950. The lowest BCUT2D eigenvalue weighted by Gasteiger charge is -2.38. The van der Waals surface area contributed by atoms with E-state index in [1.165, 1.54) is 7.11 Å². The van der Waals surface area contributed by atoms with Gasteiger partial charge in [-0.05, 0) is 43.4 Å². The van der Waals surface area contributed by atoms with E-state index in [0.29, 0.717) is 36.3 Å². The van der Waals surface area contributed by atoms with Crippen LogP contribution in [-0.4, -0.2) is 43.3 Å². The van der Waals surface area contributed by atoms with Gasteiger partial charge in [-0.3, -0.25) is 9.59 Å². The molecule has 0 aromatic heterocycles. The molecule has 1 fully saturated rings. The van der Waals surface area contributed by atoms with Crippen LogP contribution in [0.15, 0.2) is 35.7 Å². The third-order valence-corrected chi connectivity index (χ3v) is 6.39. The standard InChI is InChI=1S/C23H26ClNO6/c1-12-19(23(28)31-11-14-5-4-8-30-14)20(21-16(25-12)6-3-7-17(21)26)13-9-15(24)22(27)18(10-13)29-2/h9-10,14,19-20,25,27H,1,3-8,11H2,2H3. The SMILES string of the molecule is C=C1NC2=C(C(=O)CCC2)C(c2cc(Cl)c(O)c(OC)c2)C1C(=O)OCC1CCCO1. The molecule has 8 heteroatoms. The largest absolute Gasteiger partial charge is 0.503 e. The monoisotopic (exact) mass is 447 g/mol. The van der Waals surface area contributed by atoms with Gasteiger partial charge in [0.15, 0.2) is 17.3 Å². The van der Waals surface area contributed by atoms with Crippen LogP contribution in [0.1, 0.15) is 43.6 Å². The zero-order valence-electron chi connectivity index (χ0n) is 17.4. The van der Waals surface area contributed by atoms with Crippen molar-refractivity contribution in [2.45, 2.75) is 44.1 Å². The average molecular weight is 448 g/mol. The minimum Gasteiger partial charge on any atom is -0.503 e. The number of Topliss-reactive ketones (excluding diaryl/α,β-unsaturated/α-hetero) is 1. The molecule has 0 saturated carbocycles. The summed E-state index contributed by atoms with van der Waals surface area (Å²) < 4.78 is 16.4. The molecule has 2 N–H and O–H groups in total. The van der Waals surface area contributed by atoms with Gasteiger partial charge in [-0.2, -0.15) is 0 Å². The second-order valence-corrected chi connectivity index (χ2v) is 8.50. The van der Waals surface area contributed by atoms with Crippen molar-refractivity contribution in [3.63, 3.8) is 0 Å². The number of phenolic OH excluding ortho intramolecular Hbond substituents is 1. The van der Waals surface area contributed by atoms with Gasteiger partial charge in [0.25, 0.3) is 0 Å². The summed E-state index contributed by atoms with van der Waals surface area (Å²) >= 11 is 6.24. The zero-order valence-corrected chi connectivity index (χ0v) is 18.2. The van der Waals surface area contributed by atoms with E-state index in [4.69, 9.17) is 25.8 Å². The summed E-state index contributed by atoms with van der Waals surface area (Å²) in [4.78, 5) is 26.2. The van der Waals surface area contributed by atoms with Gasteiger partial charge in [0.05, 0.1) is 18.2 Å². The molecule has 0 bridgehead atoms. The Labute approximate surface area is 186 Å². The Hall–Kier alpha value is -2.51. The highest BCUT2D eigenvalue weighted by molar-refractivity contribution is 6.32. The maximum Gasteiger partial charge on any atom is 0.315 e. The van der Waals surface area contributed by atoms with Crippen molar-refractivity contribution >= 4 is 23.4 Å². The Kier molecular flexibility index (Phi) is 6.25. The van der Waals surface area contributed by atoms with Crippen LogP contribution in [0, 0.1) is 5.92 Å². The molecule has 31 heavy (non-hydrogen) atoms. The molecular formula is C23H26ClNO6. The number of esters is 1. The predicted octanol–water partition coefficient (Wildman–Crippen LogP) is 3.60. The van der Waals surface area contributed by atoms with Crippen molar-refractivity contribution in [2.24, 2.45) is 5.92 Å². The van der Waals surface area contributed by atoms with Gasteiger partial charge in [-0.15, -0.1) is 0 Å². The second kappa shape index (κ2) is 8.93. The van der Waals surface area contributed by atoms with Crippen molar-refractivity contribution in [3.8, 4) is 11.5 Å². The minimum absolute atomic E-state index is 0.0219. The number of hydrogen-bond acceptors (Lipinski definition) is 7. The average Bonchev–Trinajstić information content (AvgIpc) is 3.27. The van der Waals surface area contributed by atoms with E-state index < -0.39 is 17.8 Å². The highest BCUT2D eigenvalue weighted by atomic mass is 35.5. The van der Waals surface area contributed by atoms with E-state index in [9.17, 15) is 14.7 Å². The van der Waals surface area contributed by atoms with E-state index in [0.717, 1.165) is 25.0 Å². The topological polar surface area (TPSA) is 94.1 Å². The van der Waals surface area contributed by atoms with Crippen LogP contribution in [0.25, 0.3) is 0 Å². The Balaban J connectivity index is 1.74. The normalized spacial score (nSPS) is 25.8. The van der Waals surface area contributed by atoms with E-state index >= 15 is 0 Å². The fourth-order valence-corrected chi connectivity index (χ4v) is 4.82. The summed E-state index contributed by atoms with van der Waals surface area (Å²) in [5.41, 5.74) is 2.38. The van der Waals surface area contributed by atoms with Crippen molar-refractivity contribution in [3.05, 3.63) is 46.3 Å². The van der Waals surface area contributed by atoms with Gasteiger partial charge < -0.3 is 24.6 Å².